The Balaban J connectivity index is 2.12. The van der Waals surface area contributed by atoms with E-state index in [0.717, 1.165) is 21.7 Å². The van der Waals surface area contributed by atoms with Gasteiger partial charge in [-0.05, 0) is 44.9 Å². The van der Waals surface area contributed by atoms with Crippen molar-refractivity contribution in [3.05, 3.63) is 69.4 Å². The van der Waals surface area contributed by atoms with E-state index in [4.69, 9.17) is 4.74 Å². The maximum Gasteiger partial charge on any atom is 0.350 e. The smallest absolute Gasteiger partial charge is 0.350 e. The van der Waals surface area contributed by atoms with Crippen LogP contribution in [0.4, 0.5) is 14.5 Å². The fraction of sp³-hybridized carbons (Fsp3) is 0.375. The first-order chi connectivity index (χ1) is 16.0. The number of nitrogens with zero attached hydrogens (tertiary/aromatic N) is 3. The molecule has 0 spiro atoms. The van der Waals surface area contributed by atoms with Crippen LogP contribution in [0.2, 0.25) is 0 Å². The van der Waals surface area contributed by atoms with Gasteiger partial charge in [0.25, 0.3) is 5.91 Å². The summed E-state index contributed by atoms with van der Waals surface area (Å²) in [5.41, 5.74) is -0.608. The molecule has 1 heterocycles. The first-order valence-electron chi connectivity index (χ1n) is 11.0. The summed E-state index contributed by atoms with van der Waals surface area (Å²) in [5.74, 6) is -2.25. The number of hydrogen-bond donors (Lipinski definition) is 2. The number of aryl methyl sites for hydroxylation is 1. The van der Waals surface area contributed by atoms with E-state index in [1.165, 1.54) is 32.2 Å². The van der Waals surface area contributed by atoms with Crippen molar-refractivity contribution in [3.63, 3.8) is 0 Å². The molecule has 0 aliphatic carbocycles. The van der Waals surface area contributed by atoms with Crippen molar-refractivity contribution in [1.29, 1.82) is 0 Å². The van der Waals surface area contributed by atoms with E-state index in [-0.39, 0.29) is 34.6 Å². The summed E-state index contributed by atoms with van der Waals surface area (Å²) in [6.45, 7) is 6.83. The molecule has 0 radical (unpaired) electrons. The van der Waals surface area contributed by atoms with Crippen molar-refractivity contribution in [2.24, 2.45) is 7.05 Å². The molecule has 0 unspecified atom stereocenters. The number of rotatable bonds is 8. The first-order valence-corrected chi connectivity index (χ1v) is 11.0. The van der Waals surface area contributed by atoms with Gasteiger partial charge in [0.05, 0.1) is 17.4 Å². The monoisotopic (exact) mass is 474 g/mol. The molecule has 2 aromatic carbocycles. The molecule has 0 saturated heterocycles. The summed E-state index contributed by atoms with van der Waals surface area (Å²) in [6.07, 6.45) is 0.0910. The highest BCUT2D eigenvalue weighted by atomic mass is 19.1. The topological polar surface area (TPSA) is 98.4 Å². The summed E-state index contributed by atoms with van der Waals surface area (Å²) >= 11 is 0. The molecule has 0 saturated carbocycles. The van der Waals surface area contributed by atoms with Crippen LogP contribution < -0.4 is 15.7 Å². The average Bonchev–Trinajstić information content (AvgIpc) is 3.06. The Morgan fingerprint density at radius 1 is 1.24 bits per heavy atom. The number of amides is 1. The van der Waals surface area contributed by atoms with Crippen molar-refractivity contribution < 1.29 is 23.4 Å². The Morgan fingerprint density at radius 3 is 2.53 bits per heavy atom. The normalized spacial score (nSPS) is 12.9. The molecule has 0 aliphatic rings. The van der Waals surface area contributed by atoms with Crippen LogP contribution in [0.5, 0.6) is 5.75 Å². The van der Waals surface area contributed by atoms with Crippen molar-refractivity contribution in [3.8, 4) is 11.4 Å². The van der Waals surface area contributed by atoms with Crippen LogP contribution in [-0.4, -0.2) is 31.5 Å². The first kappa shape index (κ1) is 25.1. The predicted octanol–water partition coefficient (Wildman–Crippen LogP) is 4.03. The van der Waals surface area contributed by atoms with Gasteiger partial charge in [-0.15, -0.1) is 5.10 Å². The Bertz CT molecular complexity index is 1250. The highest BCUT2D eigenvalue weighted by molar-refractivity contribution is 6.06. The second kappa shape index (κ2) is 10.2. The number of aliphatic hydroxyl groups is 1. The Labute approximate surface area is 195 Å². The molecule has 0 bridgehead atoms. The van der Waals surface area contributed by atoms with Crippen LogP contribution in [0.15, 0.2) is 35.1 Å². The van der Waals surface area contributed by atoms with E-state index in [2.05, 4.69) is 10.4 Å². The largest absolute Gasteiger partial charge is 0.490 e. The Morgan fingerprint density at radius 2 is 1.94 bits per heavy atom. The standard InChI is InChI=1S/C24H28F2N4O4/c1-6-8-14(3)34-20-12-19(30-24(33)29(5)22(28-30)15(4)31)18(26)11-16(20)23(32)27-21-13(2)9-7-10-17(21)25/h7,9-12,14-15,31H,6,8H2,1-5H3,(H,27,32)/t14-,15-/m0/s1. The lowest BCUT2D eigenvalue weighted by Gasteiger charge is -2.19. The van der Waals surface area contributed by atoms with Crippen molar-refractivity contribution in [2.45, 2.75) is 52.7 Å². The van der Waals surface area contributed by atoms with Gasteiger partial charge in [0.2, 0.25) is 0 Å². The predicted molar refractivity (Wildman–Crippen MR) is 123 cm³/mol. The molecule has 0 aliphatic heterocycles. The number of benzene rings is 2. The molecular formula is C24H28F2N4O4. The number of anilines is 1. The third kappa shape index (κ3) is 5.01. The maximum atomic E-state index is 15.2. The molecule has 1 amide bonds. The zero-order valence-electron chi connectivity index (χ0n) is 19.7. The van der Waals surface area contributed by atoms with Gasteiger partial charge in [0, 0.05) is 13.1 Å². The molecule has 10 heteroatoms. The minimum Gasteiger partial charge on any atom is -0.490 e. The fourth-order valence-corrected chi connectivity index (χ4v) is 3.61. The minimum absolute atomic E-state index is 0.0139. The van der Waals surface area contributed by atoms with E-state index in [1.54, 1.807) is 19.9 Å². The summed E-state index contributed by atoms with van der Waals surface area (Å²) in [7, 11) is 1.41. The molecule has 1 aromatic heterocycles. The lowest BCUT2D eigenvalue weighted by Crippen LogP contribution is -2.24. The lowest BCUT2D eigenvalue weighted by molar-refractivity contribution is 0.101. The Hall–Kier alpha value is -3.53. The van der Waals surface area contributed by atoms with Crippen LogP contribution in [0.1, 0.15) is 61.5 Å². The number of para-hydroxylation sites is 1. The van der Waals surface area contributed by atoms with Gasteiger partial charge in [-0.3, -0.25) is 9.36 Å². The third-order valence-corrected chi connectivity index (χ3v) is 5.39. The number of halogens is 2. The molecule has 0 fully saturated rings. The lowest BCUT2D eigenvalue weighted by atomic mass is 10.1. The van der Waals surface area contributed by atoms with E-state index >= 15 is 4.39 Å². The van der Waals surface area contributed by atoms with Crippen LogP contribution >= 0.6 is 0 Å². The van der Waals surface area contributed by atoms with E-state index in [1.807, 2.05) is 6.92 Å². The van der Waals surface area contributed by atoms with Gasteiger partial charge in [0.1, 0.15) is 29.2 Å². The van der Waals surface area contributed by atoms with Crippen molar-refractivity contribution in [2.75, 3.05) is 5.32 Å². The number of carbonyl (C=O) groups is 1. The highest BCUT2D eigenvalue weighted by Gasteiger charge is 2.24. The summed E-state index contributed by atoms with van der Waals surface area (Å²) in [5, 5.41) is 16.4. The number of aliphatic hydroxyl groups excluding tert-OH is 1. The van der Waals surface area contributed by atoms with Gasteiger partial charge in [-0.1, -0.05) is 25.5 Å². The highest BCUT2D eigenvalue weighted by Crippen LogP contribution is 2.29. The molecule has 2 atom stereocenters. The molecule has 34 heavy (non-hydrogen) atoms. The van der Waals surface area contributed by atoms with Crippen LogP contribution in [0, 0.1) is 18.6 Å². The number of hydrogen-bond acceptors (Lipinski definition) is 5. The van der Waals surface area contributed by atoms with Gasteiger partial charge in [-0.2, -0.15) is 4.68 Å². The summed E-state index contributed by atoms with van der Waals surface area (Å²) in [4.78, 5) is 25.7. The van der Waals surface area contributed by atoms with Gasteiger partial charge < -0.3 is 15.2 Å². The molecular weight excluding hydrogens is 446 g/mol. The van der Waals surface area contributed by atoms with Crippen LogP contribution in [0.3, 0.4) is 0 Å². The van der Waals surface area contributed by atoms with Gasteiger partial charge in [0.15, 0.2) is 5.82 Å². The fourth-order valence-electron chi connectivity index (χ4n) is 3.61. The van der Waals surface area contributed by atoms with Gasteiger partial charge in [-0.25, -0.2) is 13.6 Å². The number of nitrogens with one attached hydrogen (secondary N) is 1. The zero-order chi connectivity index (χ0) is 25.2. The number of aromatic nitrogens is 3. The van der Waals surface area contributed by atoms with Crippen LogP contribution in [0.25, 0.3) is 5.69 Å². The molecule has 182 valence electrons. The SMILES string of the molecule is CCC[C@H](C)Oc1cc(-n2nc([C@H](C)O)n(C)c2=O)c(F)cc1C(=O)Nc1c(C)cccc1F. The summed E-state index contributed by atoms with van der Waals surface area (Å²) in [6, 6.07) is 6.50. The molecule has 2 N–H and O–H groups in total. The van der Waals surface area contributed by atoms with E-state index in [9.17, 15) is 19.1 Å². The van der Waals surface area contributed by atoms with E-state index in [0.29, 0.717) is 12.0 Å². The summed E-state index contributed by atoms with van der Waals surface area (Å²) < 4.78 is 37.3. The second-order valence-electron chi connectivity index (χ2n) is 8.19. The second-order valence-corrected chi connectivity index (χ2v) is 8.19. The molecule has 8 nitrogen and oxygen atoms in total. The van der Waals surface area contributed by atoms with E-state index < -0.39 is 29.3 Å². The third-order valence-electron chi connectivity index (χ3n) is 5.39. The minimum atomic E-state index is -1.06. The Kier molecular flexibility index (Phi) is 7.51. The van der Waals surface area contributed by atoms with Crippen LogP contribution in [-0.2, 0) is 7.05 Å². The number of ether oxygens (including phenoxy) is 1. The maximum absolute atomic E-state index is 15.2. The number of carbonyl (C=O) groups excluding carboxylic acids is 1. The van der Waals surface area contributed by atoms with Crippen molar-refractivity contribution >= 4 is 11.6 Å². The van der Waals surface area contributed by atoms with Gasteiger partial charge >= 0.3 is 5.69 Å². The van der Waals surface area contributed by atoms with Crippen molar-refractivity contribution in [1.82, 2.24) is 14.3 Å². The average molecular weight is 475 g/mol. The molecule has 3 aromatic rings. The zero-order valence-corrected chi connectivity index (χ0v) is 19.7. The quantitative estimate of drug-likeness (QED) is 0.514. The molecule has 3 rings (SSSR count).